The van der Waals surface area contributed by atoms with Gasteiger partial charge in [0.05, 0.1) is 17.8 Å². The highest BCUT2D eigenvalue weighted by Gasteiger charge is 2.30. The second-order valence-electron chi connectivity index (χ2n) is 4.70. The quantitative estimate of drug-likeness (QED) is 0.769. The molecule has 0 radical (unpaired) electrons. The van der Waals surface area contributed by atoms with Crippen LogP contribution in [0.25, 0.3) is 0 Å². The topological polar surface area (TPSA) is 72.2 Å². The molecular formula is C16H14BrF3N2O2. The average molecular weight is 403 g/mol. The molecule has 0 aliphatic heterocycles. The van der Waals surface area contributed by atoms with Gasteiger partial charge in [-0.05, 0) is 24.3 Å². The molecule has 8 heteroatoms. The first kappa shape index (κ1) is 19.9. The molecule has 0 bridgehead atoms. The van der Waals surface area contributed by atoms with Crippen LogP contribution in [0.5, 0.6) is 0 Å². The average Bonchev–Trinajstić information content (AvgIpc) is 2.54. The Labute approximate surface area is 146 Å². The predicted molar refractivity (Wildman–Crippen MR) is 89.3 cm³/mol. The molecule has 2 aromatic rings. The summed E-state index contributed by atoms with van der Waals surface area (Å²) in [5.74, 6) is -0.968. The maximum Gasteiger partial charge on any atom is 0.416 e. The summed E-state index contributed by atoms with van der Waals surface area (Å²) in [5, 5.41) is 2.48. The molecule has 128 valence electrons. The van der Waals surface area contributed by atoms with Crippen molar-refractivity contribution in [1.82, 2.24) is 0 Å². The number of alkyl halides is 3. The molecule has 0 aliphatic rings. The molecule has 24 heavy (non-hydrogen) atoms. The molecule has 1 amide bonds. The molecule has 0 heterocycles. The molecule has 0 aromatic heterocycles. The van der Waals surface area contributed by atoms with E-state index in [4.69, 9.17) is 5.73 Å². The van der Waals surface area contributed by atoms with Crippen molar-refractivity contribution in [3.8, 4) is 0 Å². The lowest BCUT2D eigenvalue weighted by Crippen LogP contribution is -2.23. The van der Waals surface area contributed by atoms with Crippen LogP contribution in [0.15, 0.2) is 48.5 Å². The van der Waals surface area contributed by atoms with Gasteiger partial charge >= 0.3 is 6.18 Å². The van der Waals surface area contributed by atoms with Crippen molar-refractivity contribution >= 4 is 34.4 Å². The molecule has 3 N–H and O–H groups in total. The fourth-order valence-electron chi connectivity index (χ4n) is 1.96. The summed E-state index contributed by atoms with van der Waals surface area (Å²) in [6.07, 6.45) is -4.46. The van der Waals surface area contributed by atoms with Gasteiger partial charge in [0.15, 0.2) is 5.78 Å². The third-order valence-corrected chi connectivity index (χ3v) is 3.11. The number of carbonyl (C=O) groups is 2. The number of nitrogens with one attached hydrogen (secondary N) is 1. The van der Waals surface area contributed by atoms with Crippen molar-refractivity contribution in [3.05, 3.63) is 65.2 Å². The number of hydrogen-bond acceptors (Lipinski definition) is 3. The van der Waals surface area contributed by atoms with E-state index in [9.17, 15) is 22.8 Å². The maximum atomic E-state index is 12.5. The summed E-state index contributed by atoms with van der Waals surface area (Å²) >= 11 is 0. The minimum Gasteiger partial charge on any atom is -0.324 e. The Morgan fingerprint density at radius 3 is 2.12 bits per heavy atom. The molecule has 0 spiro atoms. The summed E-state index contributed by atoms with van der Waals surface area (Å²) in [6.45, 7) is -0.247. The van der Waals surface area contributed by atoms with Crippen LogP contribution in [0, 0.1) is 0 Å². The van der Waals surface area contributed by atoms with E-state index < -0.39 is 23.4 Å². The lowest BCUT2D eigenvalue weighted by atomic mass is 10.0. The minimum absolute atomic E-state index is 0. The Hall–Kier alpha value is -2.19. The zero-order valence-corrected chi connectivity index (χ0v) is 14.0. The van der Waals surface area contributed by atoms with Crippen LogP contribution in [0.3, 0.4) is 0 Å². The van der Waals surface area contributed by atoms with E-state index in [1.54, 1.807) is 12.1 Å². The number of carbonyl (C=O) groups excluding carboxylic acids is 2. The first-order valence-electron chi connectivity index (χ1n) is 6.64. The van der Waals surface area contributed by atoms with Gasteiger partial charge in [0.2, 0.25) is 5.91 Å². The van der Waals surface area contributed by atoms with Crippen molar-refractivity contribution in [3.63, 3.8) is 0 Å². The van der Waals surface area contributed by atoms with Crippen LogP contribution in [0.4, 0.5) is 18.9 Å². The molecule has 0 saturated heterocycles. The molecule has 0 saturated carbocycles. The van der Waals surface area contributed by atoms with E-state index in [2.05, 4.69) is 5.32 Å². The summed E-state index contributed by atoms with van der Waals surface area (Å²) in [5.41, 5.74) is 4.90. The van der Waals surface area contributed by atoms with Crippen LogP contribution in [-0.2, 0) is 11.0 Å². The Balaban J connectivity index is 0.00000288. The lowest BCUT2D eigenvalue weighted by Gasteiger charge is -2.11. The molecule has 2 aromatic carbocycles. The van der Waals surface area contributed by atoms with Gasteiger partial charge in [0.1, 0.15) is 0 Å². The second-order valence-corrected chi connectivity index (χ2v) is 4.70. The van der Waals surface area contributed by atoms with Crippen LogP contribution < -0.4 is 11.1 Å². The normalized spacial score (nSPS) is 10.7. The van der Waals surface area contributed by atoms with Gasteiger partial charge in [-0.1, -0.05) is 24.3 Å². The standard InChI is InChI=1S/C16H13F3N2O2.BrH/c17-16(18,19)11-7-5-10(6-8-11)15(23)12-3-1-2-4-13(12)21-14(22)9-20;/h1-8H,9,20H2,(H,21,22);1H. The molecule has 0 atom stereocenters. The number of benzene rings is 2. The number of amides is 1. The first-order chi connectivity index (χ1) is 10.8. The maximum absolute atomic E-state index is 12.5. The predicted octanol–water partition coefficient (Wildman–Crippen LogP) is 3.41. The summed E-state index contributed by atoms with van der Waals surface area (Å²) in [4.78, 5) is 23.8. The first-order valence-corrected chi connectivity index (χ1v) is 6.64. The van der Waals surface area contributed by atoms with Gasteiger partial charge < -0.3 is 11.1 Å². The van der Waals surface area contributed by atoms with Crippen LogP contribution in [0.2, 0.25) is 0 Å². The number of hydrogen-bond donors (Lipinski definition) is 2. The minimum atomic E-state index is -4.46. The highest BCUT2D eigenvalue weighted by atomic mass is 79.9. The highest BCUT2D eigenvalue weighted by Crippen LogP contribution is 2.29. The van der Waals surface area contributed by atoms with Crippen molar-refractivity contribution in [2.24, 2.45) is 5.73 Å². The zero-order valence-electron chi connectivity index (χ0n) is 12.3. The van der Waals surface area contributed by atoms with E-state index in [1.165, 1.54) is 12.1 Å². The smallest absolute Gasteiger partial charge is 0.324 e. The Morgan fingerprint density at radius 2 is 1.58 bits per heavy atom. The van der Waals surface area contributed by atoms with Gasteiger partial charge in [-0.15, -0.1) is 17.0 Å². The monoisotopic (exact) mass is 402 g/mol. The summed E-state index contributed by atoms with van der Waals surface area (Å²) in [6, 6.07) is 10.1. The van der Waals surface area contributed by atoms with E-state index >= 15 is 0 Å². The van der Waals surface area contributed by atoms with Crippen molar-refractivity contribution in [2.45, 2.75) is 6.18 Å². The van der Waals surface area contributed by atoms with E-state index in [0.29, 0.717) is 0 Å². The van der Waals surface area contributed by atoms with E-state index in [-0.39, 0.29) is 40.3 Å². The number of ketones is 1. The van der Waals surface area contributed by atoms with Crippen molar-refractivity contribution < 1.29 is 22.8 Å². The fourth-order valence-corrected chi connectivity index (χ4v) is 1.96. The second kappa shape index (κ2) is 8.07. The van der Waals surface area contributed by atoms with Gasteiger partial charge in [-0.3, -0.25) is 9.59 Å². The number of rotatable bonds is 4. The Morgan fingerprint density at radius 1 is 1.00 bits per heavy atom. The Kier molecular flexibility index (Phi) is 6.68. The summed E-state index contributed by atoms with van der Waals surface area (Å²) in [7, 11) is 0. The molecular weight excluding hydrogens is 389 g/mol. The fraction of sp³-hybridized carbons (Fsp3) is 0.125. The largest absolute Gasteiger partial charge is 0.416 e. The molecule has 2 rings (SSSR count). The molecule has 0 aliphatic carbocycles. The third kappa shape index (κ3) is 4.65. The molecule has 0 fully saturated rings. The summed E-state index contributed by atoms with van der Waals surface area (Å²) < 4.78 is 37.6. The molecule has 4 nitrogen and oxygen atoms in total. The SMILES string of the molecule is Br.NCC(=O)Nc1ccccc1C(=O)c1ccc(C(F)(F)F)cc1. The van der Waals surface area contributed by atoms with Crippen LogP contribution in [-0.4, -0.2) is 18.2 Å². The number of halogens is 4. The number of nitrogens with two attached hydrogens (primary N) is 1. The third-order valence-electron chi connectivity index (χ3n) is 3.11. The highest BCUT2D eigenvalue weighted by molar-refractivity contribution is 8.93. The van der Waals surface area contributed by atoms with Gasteiger partial charge in [0.25, 0.3) is 0 Å². The van der Waals surface area contributed by atoms with Gasteiger partial charge in [-0.2, -0.15) is 13.2 Å². The van der Waals surface area contributed by atoms with Crippen LogP contribution in [0.1, 0.15) is 21.5 Å². The van der Waals surface area contributed by atoms with Crippen molar-refractivity contribution in [2.75, 3.05) is 11.9 Å². The number of anilines is 1. The Bertz CT molecular complexity index is 731. The van der Waals surface area contributed by atoms with Gasteiger partial charge in [-0.25, -0.2) is 0 Å². The van der Waals surface area contributed by atoms with Crippen LogP contribution >= 0.6 is 17.0 Å². The number of para-hydroxylation sites is 1. The van der Waals surface area contributed by atoms with Crippen molar-refractivity contribution in [1.29, 1.82) is 0 Å². The zero-order chi connectivity index (χ0) is 17.0. The molecule has 0 unspecified atom stereocenters. The lowest BCUT2D eigenvalue weighted by molar-refractivity contribution is -0.137. The van der Waals surface area contributed by atoms with Gasteiger partial charge in [0, 0.05) is 11.1 Å². The van der Waals surface area contributed by atoms with E-state index in [1.807, 2.05) is 0 Å². The van der Waals surface area contributed by atoms with E-state index in [0.717, 1.165) is 24.3 Å².